The molecule has 0 spiro atoms. The summed E-state index contributed by atoms with van der Waals surface area (Å²) in [5.41, 5.74) is 1.23. The van der Waals surface area contributed by atoms with Gasteiger partial charge in [0.15, 0.2) is 0 Å². The van der Waals surface area contributed by atoms with Crippen LogP contribution in [0.25, 0.3) is 0 Å². The smallest absolute Gasteiger partial charge is 0.240 e. The average molecular weight is 326 g/mol. The van der Waals surface area contributed by atoms with Gasteiger partial charge in [0.2, 0.25) is 15.9 Å². The fourth-order valence-corrected chi connectivity index (χ4v) is 3.64. The van der Waals surface area contributed by atoms with Crippen LogP contribution < -0.4 is 9.62 Å². The minimum Gasteiger partial charge on any atom is -0.383 e. The van der Waals surface area contributed by atoms with Gasteiger partial charge in [-0.05, 0) is 23.8 Å². The number of ether oxygens (including phenoxy) is 1. The second-order valence-electron chi connectivity index (χ2n) is 6.08. The molecule has 0 radical (unpaired) electrons. The van der Waals surface area contributed by atoms with Crippen LogP contribution in [0.15, 0.2) is 23.1 Å². The highest BCUT2D eigenvalue weighted by atomic mass is 32.2. The molecule has 0 fully saturated rings. The van der Waals surface area contributed by atoms with E-state index in [-0.39, 0.29) is 17.3 Å². The number of hydrogen-bond donors (Lipinski definition) is 1. The molecule has 7 heteroatoms. The van der Waals surface area contributed by atoms with Crippen molar-refractivity contribution in [1.82, 2.24) is 4.72 Å². The van der Waals surface area contributed by atoms with Crippen LogP contribution >= 0.6 is 0 Å². The molecular formula is C15H22N2O4S. The minimum atomic E-state index is -3.58. The molecule has 22 heavy (non-hydrogen) atoms. The first-order chi connectivity index (χ1) is 10.2. The predicted molar refractivity (Wildman–Crippen MR) is 84.6 cm³/mol. The second kappa shape index (κ2) is 5.98. The number of sulfonamides is 1. The van der Waals surface area contributed by atoms with Gasteiger partial charge in [-0.1, -0.05) is 13.8 Å². The summed E-state index contributed by atoms with van der Waals surface area (Å²) in [6.07, 6.45) is 0.358. The first-order valence-corrected chi connectivity index (χ1v) is 8.57. The number of carbonyl (C=O) groups is 1. The van der Waals surface area contributed by atoms with Crippen molar-refractivity contribution in [3.05, 3.63) is 23.8 Å². The Kier molecular flexibility index (Phi) is 4.60. The summed E-state index contributed by atoms with van der Waals surface area (Å²) in [5, 5.41) is 0. The third-order valence-corrected chi connectivity index (χ3v) is 5.39. The van der Waals surface area contributed by atoms with E-state index < -0.39 is 15.4 Å². The molecular weight excluding hydrogens is 304 g/mol. The molecule has 0 aliphatic carbocycles. The maximum atomic E-state index is 12.3. The maximum absolute atomic E-state index is 12.3. The Hall–Kier alpha value is -1.44. The van der Waals surface area contributed by atoms with Gasteiger partial charge in [0.05, 0.1) is 11.5 Å². The number of rotatable bonds is 5. The molecule has 1 amide bonds. The summed E-state index contributed by atoms with van der Waals surface area (Å²) in [6, 6.07) is 4.88. The van der Waals surface area contributed by atoms with Crippen molar-refractivity contribution in [2.24, 2.45) is 0 Å². The van der Waals surface area contributed by atoms with E-state index >= 15 is 0 Å². The van der Waals surface area contributed by atoms with Crippen molar-refractivity contribution < 1.29 is 17.9 Å². The largest absolute Gasteiger partial charge is 0.383 e. The van der Waals surface area contributed by atoms with Gasteiger partial charge in [-0.3, -0.25) is 4.79 Å². The molecule has 1 aliphatic heterocycles. The van der Waals surface area contributed by atoms with Crippen LogP contribution in [0, 0.1) is 0 Å². The Morgan fingerprint density at radius 3 is 2.68 bits per heavy atom. The van der Waals surface area contributed by atoms with E-state index in [1.54, 1.807) is 24.1 Å². The molecule has 2 rings (SSSR count). The van der Waals surface area contributed by atoms with Crippen LogP contribution in [0.4, 0.5) is 5.69 Å². The molecule has 122 valence electrons. The van der Waals surface area contributed by atoms with E-state index in [2.05, 4.69) is 4.72 Å². The SMILES string of the molecule is COCCNS(=O)(=O)c1ccc2c(c1)C(C)(C)CC(=O)N2C. The summed E-state index contributed by atoms with van der Waals surface area (Å²) in [5.74, 6) is 0.0336. The molecule has 0 saturated heterocycles. The lowest BCUT2D eigenvalue weighted by Gasteiger charge is -2.37. The van der Waals surface area contributed by atoms with Gasteiger partial charge in [0, 0.05) is 38.2 Å². The molecule has 1 N–H and O–H groups in total. The maximum Gasteiger partial charge on any atom is 0.240 e. The zero-order chi connectivity index (χ0) is 16.5. The van der Waals surface area contributed by atoms with Crippen molar-refractivity contribution in [3.8, 4) is 0 Å². The molecule has 0 bridgehead atoms. The normalized spacial score (nSPS) is 17.5. The van der Waals surface area contributed by atoms with Crippen molar-refractivity contribution in [2.75, 3.05) is 32.2 Å². The van der Waals surface area contributed by atoms with Gasteiger partial charge in [0.25, 0.3) is 0 Å². The standard InChI is InChI=1S/C15H22N2O4S/c1-15(2)10-14(18)17(3)13-6-5-11(9-12(13)15)22(19,20)16-7-8-21-4/h5-6,9,16H,7-8,10H2,1-4H3. The zero-order valence-corrected chi connectivity index (χ0v) is 14.2. The van der Waals surface area contributed by atoms with Crippen molar-refractivity contribution in [3.63, 3.8) is 0 Å². The summed E-state index contributed by atoms with van der Waals surface area (Å²) in [4.78, 5) is 13.8. The summed E-state index contributed by atoms with van der Waals surface area (Å²) in [7, 11) is -0.354. The monoisotopic (exact) mass is 326 g/mol. The average Bonchev–Trinajstić information content (AvgIpc) is 2.44. The van der Waals surface area contributed by atoms with E-state index in [4.69, 9.17) is 4.74 Å². The van der Waals surface area contributed by atoms with Crippen LogP contribution in [0.3, 0.4) is 0 Å². The number of fused-ring (bicyclic) bond motifs is 1. The topological polar surface area (TPSA) is 75.7 Å². The first kappa shape index (κ1) is 16.9. The number of anilines is 1. The van der Waals surface area contributed by atoms with E-state index in [0.717, 1.165) is 11.3 Å². The van der Waals surface area contributed by atoms with Gasteiger partial charge < -0.3 is 9.64 Å². The van der Waals surface area contributed by atoms with Gasteiger partial charge in [0.1, 0.15) is 0 Å². The van der Waals surface area contributed by atoms with E-state index in [1.165, 1.54) is 13.2 Å². The molecule has 1 aromatic rings. The fourth-order valence-electron chi connectivity index (χ4n) is 2.60. The summed E-state index contributed by atoms with van der Waals surface area (Å²) in [6.45, 7) is 4.43. The van der Waals surface area contributed by atoms with Crippen LogP contribution in [0.5, 0.6) is 0 Å². The van der Waals surface area contributed by atoms with Crippen LogP contribution in [0.1, 0.15) is 25.8 Å². The summed E-state index contributed by atoms with van der Waals surface area (Å²) >= 11 is 0. The highest BCUT2D eigenvalue weighted by Gasteiger charge is 2.35. The van der Waals surface area contributed by atoms with E-state index in [0.29, 0.717) is 13.0 Å². The van der Waals surface area contributed by atoms with Crippen molar-refractivity contribution in [2.45, 2.75) is 30.6 Å². The molecule has 0 unspecified atom stereocenters. The molecule has 0 saturated carbocycles. The fraction of sp³-hybridized carbons (Fsp3) is 0.533. The van der Waals surface area contributed by atoms with Crippen LogP contribution in [0.2, 0.25) is 0 Å². The number of nitrogens with one attached hydrogen (secondary N) is 1. The van der Waals surface area contributed by atoms with Crippen LogP contribution in [-0.4, -0.2) is 41.6 Å². The molecule has 1 aromatic carbocycles. The van der Waals surface area contributed by atoms with Gasteiger partial charge in [-0.2, -0.15) is 0 Å². The number of amides is 1. The lowest BCUT2D eigenvalue weighted by Crippen LogP contribution is -2.39. The molecule has 0 aromatic heterocycles. The van der Waals surface area contributed by atoms with Crippen LogP contribution in [-0.2, 0) is 25.0 Å². The highest BCUT2D eigenvalue weighted by Crippen LogP contribution is 2.40. The highest BCUT2D eigenvalue weighted by molar-refractivity contribution is 7.89. The number of hydrogen-bond acceptors (Lipinski definition) is 4. The van der Waals surface area contributed by atoms with Crippen molar-refractivity contribution >= 4 is 21.6 Å². The Labute approximate surface area is 131 Å². The first-order valence-electron chi connectivity index (χ1n) is 7.09. The molecule has 0 atom stereocenters. The predicted octanol–water partition coefficient (Wildman–Crippen LogP) is 1.26. The Bertz CT molecular complexity index is 683. The molecule has 1 aliphatic rings. The van der Waals surface area contributed by atoms with Gasteiger partial charge in [-0.15, -0.1) is 0 Å². The van der Waals surface area contributed by atoms with Gasteiger partial charge in [-0.25, -0.2) is 13.1 Å². The van der Waals surface area contributed by atoms with E-state index in [9.17, 15) is 13.2 Å². The summed E-state index contributed by atoms with van der Waals surface area (Å²) < 4.78 is 32.0. The van der Waals surface area contributed by atoms with Gasteiger partial charge >= 0.3 is 0 Å². The second-order valence-corrected chi connectivity index (χ2v) is 7.85. The molecule has 1 heterocycles. The third-order valence-electron chi connectivity index (χ3n) is 3.93. The zero-order valence-electron chi connectivity index (χ0n) is 13.3. The Balaban J connectivity index is 2.41. The lowest BCUT2D eigenvalue weighted by molar-refractivity contribution is -0.119. The Morgan fingerprint density at radius 2 is 2.05 bits per heavy atom. The third kappa shape index (κ3) is 3.16. The minimum absolute atomic E-state index is 0.0336. The van der Waals surface area contributed by atoms with E-state index in [1.807, 2.05) is 13.8 Å². The number of benzene rings is 1. The number of nitrogens with zero attached hydrogens (tertiary/aromatic N) is 1. The number of carbonyl (C=O) groups excluding carboxylic acids is 1. The Morgan fingerprint density at radius 1 is 1.36 bits per heavy atom. The molecule has 6 nitrogen and oxygen atoms in total. The quantitative estimate of drug-likeness (QED) is 0.827. The lowest BCUT2D eigenvalue weighted by atomic mass is 9.77. The number of methoxy groups -OCH3 is 1. The van der Waals surface area contributed by atoms with Crippen molar-refractivity contribution in [1.29, 1.82) is 0 Å².